The van der Waals surface area contributed by atoms with E-state index in [0.717, 1.165) is 17.5 Å². The van der Waals surface area contributed by atoms with Crippen LogP contribution in [0.1, 0.15) is 46.4 Å². The van der Waals surface area contributed by atoms with E-state index in [-0.39, 0.29) is 42.1 Å². The summed E-state index contributed by atoms with van der Waals surface area (Å²) in [5, 5.41) is 12.2. The lowest BCUT2D eigenvalue weighted by molar-refractivity contribution is -0.179. The zero-order valence-electron chi connectivity index (χ0n) is 18.3. The van der Waals surface area contributed by atoms with E-state index in [1.807, 2.05) is 37.3 Å². The molecule has 0 aliphatic carbocycles. The van der Waals surface area contributed by atoms with Gasteiger partial charge >= 0.3 is 0 Å². The Hall–Kier alpha value is -2.38. The molecule has 1 aromatic carbocycles. The van der Waals surface area contributed by atoms with Gasteiger partial charge in [0.2, 0.25) is 6.29 Å². The summed E-state index contributed by atoms with van der Waals surface area (Å²) in [4.78, 5) is 20.6. The molecule has 0 spiro atoms. The number of aromatic nitrogens is 2. The van der Waals surface area contributed by atoms with Crippen LogP contribution in [-0.4, -0.2) is 40.5 Å². The number of ether oxygens (including phenoxy) is 2. The molecule has 0 unspecified atom stereocenters. The Bertz CT molecular complexity index is 851. The number of aliphatic hydroxyl groups is 1. The fourth-order valence-electron chi connectivity index (χ4n) is 4.03. The molecule has 7 heteroatoms. The molecular weight excluding hydrogens is 382 g/mol. The number of aromatic amines is 1. The summed E-state index contributed by atoms with van der Waals surface area (Å²) in [5.74, 6) is 0.848. The fraction of sp³-hybridized carbons (Fsp3) is 0.565. The van der Waals surface area contributed by atoms with Crippen molar-refractivity contribution in [1.29, 1.82) is 0 Å². The van der Waals surface area contributed by atoms with Crippen molar-refractivity contribution in [3.05, 3.63) is 41.9 Å². The summed E-state index contributed by atoms with van der Waals surface area (Å²) in [6.07, 6.45) is 2.85. The number of amides is 1. The molecule has 0 bridgehead atoms. The first-order chi connectivity index (χ1) is 14.3. The van der Waals surface area contributed by atoms with Crippen molar-refractivity contribution < 1.29 is 19.4 Å². The molecule has 0 radical (unpaired) electrons. The lowest BCUT2D eigenvalue weighted by Crippen LogP contribution is -2.43. The highest BCUT2D eigenvalue weighted by atomic mass is 16.7. The maximum atomic E-state index is 12.9. The van der Waals surface area contributed by atoms with E-state index in [1.165, 1.54) is 0 Å². The van der Waals surface area contributed by atoms with Gasteiger partial charge in [-0.3, -0.25) is 4.79 Å². The quantitative estimate of drug-likeness (QED) is 0.613. The third-order valence-corrected chi connectivity index (χ3v) is 5.49. The maximum Gasteiger partial charge on any atom is 0.286 e. The molecule has 0 saturated heterocycles. The van der Waals surface area contributed by atoms with Gasteiger partial charge in [-0.15, -0.1) is 0 Å². The van der Waals surface area contributed by atoms with E-state index in [1.54, 1.807) is 0 Å². The van der Waals surface area contributed by atoms with Gasteiger partial charge in [-0.25, -0.2) is 4.98 Å². The molecule has 2 heterocycles. The summed E-state index contributed by atoms with van der Waals surface area (Å²) < 4.78 is 11.8. The monoisotopic (exact) mass is 415 g/mol. The van der Waals surface area contributed by atoms with Gasteiger partial charge in [-0.2, -0.15) is 0 Å². The Kier molecular flexibility index (Phi) is 7.15. The second-order valence-electron chi connectivity index (χ2n) is 8.78. The highest BCUT2D eigenvalue weighted by molar-refractivity contribution is 5.91. The minimum absolute atomic E-state index is 0.0732. The molecule has 1 amide bonds. The van der Waals surface area contributed by atoms with E-state index in [9.17, 15) is 9.90 Å². The van der Waals surface area contributed by atoms with Crippen molar-refractivity contribution in [2.75, 3.05) is 13.2 Å². The molecule has 30 heavy (non-hydrogen) atoms. The summed E-state index contributed by atoms with van der Waals surface area (Å²) in [6, 6.07) is 7.75. The maximum absolute atomic E-state index is 12.9. The molecule has 1 aliphatic rings. The lowest BCUT2D eigenvalue weighted by atomic mass is 9.70. The van der Waals surface area contributed by atoms with Crippen LogP contribution in [0.25, 0.3) is 11.0 Å². The molecule has 164 valence electrons. The van der Waals surface area contributed by atoms with Gasteiger partial charge in [0.05, 0.1) is 17.6 Å². The van der Waals surface area contributed by atoms with E-state index >= 15 is 0 Å². The molecule has 0 saturated carbocycles. The van der Waals surface area contributed by atoms with Crippen LogP contribution >= 0.6 is 0 Å². The number of fused-ring (bicyclic) bond motifs is 1. The van der Waals surface area contributed by atoms with Crippen LogP contribution in [0.2, 0.25) is 0 Å². The molecule has 7 nitrogen and oxygen atoms in total. The predicted molar refractivity (Wildman–Crippen MR) is 115 cm³/mol. The van der Waals surface area contributed by atoms with Crippen molar-refractivity contribution >= 4 is 16.9 Å². The molecule has 1 aliphatic heterocycles. The lowest BCUT2D eigenvalue weighted by Gasteiger charge is -2.42. The minimum Gasteiger partial charge on any atom is -0.459 e. The fourth-order valence-corrected chi connectivity index (χ4v) is 4.03. The first-order valence-corrected chi connectivity index (χ1v) is 10.7. The summed E-state index contributed by atoms with van der Waals surface area (Å²) in [7, 11) is 0. The van der Waals surface area contributed by atoms with Crippen LogP contribution in [-0.2, 0) is 20.8 Å². The Morgan fingerprint density at radius 2 is 2.10 bits per heavy atom. The van der Waals surface area contributed by atoms with Crippen molar-refractivity contribution in [1.82, 2.24) is 15.3 Å². The number of hydrogen-bond donors (Lipinski definition) is 3. The van der Waals surface area contributed by atoms with E-state index in [2.05, 4.69) is 36.1 Å². The van der Waals surface area contributed by atoms with E-state index in [0.29, 0.717) is 18.9 Å². The Labute approximate surface area is 177 Å². The molecule has 3 atom stereocenters. The van der Waals surface area contributed by atoms with Gasteiger partial charge in [0.1, 0.15) is 5.82 Å². The van der Waals surface area contributed by atoms with Crippen molar-refractivity contribution in [3.63, 3.8) is 0 Å². The van der Waals surface area contributed by atoms with Crippen LogP contribution in [0.3, 0.4) is 0 Å². The van der Waals surface area contributed by atoms with Crippen molar-refractivity contribution in [3.8, 4) is 0 Å². The van der Waals surface area contributed by atoms with Gasteiger partial charge in [-0.1, -0.05) is 32.9 Å². The molecule has 1 aromatic heterocycles. The third-order valence-electron chi connectivity index (χ3n) is 5.49. The number of H-pyrrole nitrogens is 1. The summed E-state index contributed by atoms with van der Waals surface area (Å²) >= 11 is 0. The van der Waals surface area contributed by atoms with Crippen LogP contribution in [0.5, 0.6) is 0 Å². The van der Waals surface area contributed by atoms with Crippen LogP contribution in [0.15, 0.2) is 36.1 Å². The number of imidazole rings is 1. The first kappa shape index (κ1) is 22.3. The number of hydrogen-bond acceptors (Lipinski definition) is 5. The average molecular weight is 416 g/mol. The topological polar surface area (TPSA) is 96.5 Å². The van der Waals surface area contributed by atoms with Gasteiger partial charge in [0, 0.05) is 19.1 Å². The third kappa shape index (κ3) is 5.21. The second kappa shape index (κ2) is 9.62. The zero-order valence-corrected chi connectivity index (χ0v) is 18.3. The van der Waals surface area contributed by atoms with Gasteiger partial charge < -0.3 is 24.9 Å². The number of allylic oxidation sites excluding steroid dienone is 1. The smallest absolute Gasteiger partial charge is 0.286 e. The summed E-state index contributed by atoms with van der Waals surface area (Å²) in [5.41, 5.74) is 1.72. The number of carbonyl (C=O) groups is 1. The number of aliphatic hydroxyl groups excluding tert-OH is 1. The standard InChI is InChI=1S/C23H33N3O4/c1-5-29-22-15(9-8-12-27)16(23(2,3)4)13-19(30-22)21(28)24-14-20-25-17-10-6-7-11-18(17)26-20/h6-7,10-11,13,15-16,22,27H,5,8-9,12,14H2,1-4H3,(H,24,28)(H,25,26)/t15-,16-,22+/m0/s1. The molecule has 0 fully saturated rings. The predicted octanol–water partition coefficient (Wildman–Crippen LogP) is 3.51. The SMILES string of the molecule is CCO[C@@H]1OC(C(=O)NCc2nc3ccccc3[nH]2)=C[C@H](C(C)(C)C)[C@@H]1CCCO. The van der Waals surface area contributed by atoms with Crippen LogP contribution in [0, 0.1) is 17.3 Å². The molecule has 3 N–H and O–H groups in total. The van der Waals surface area contributed by atoms with Crippen LogP contribution < -0.4 is 5.32 Å². The van der Waals surface area contributed by atoms with E-state index in [4.69, 9.17) is 9.47 Å². The van der Waals surface area contributed by atoms with Gasteiger partial charge in [0.25, 0.3) is 5.91 Å². The Morgan fingerprint density at radius 3 is 2.77 bits per heavy atom. The van der Waals surface area contributed by atoms with Crippen molar-refractivity contribution in [2.45, 2.75) is 53.4 Å². The van der Waals surface area contributed by atoms with Gasteiger partial charge in [-0.05, 0) is 49.3 Å². The molecule has 3 rings (SSSR count). The number of carbonyl (C=O) groups excluding carboxylic acids is 1. The molecular formula is C23H33N3O4. The highest BCUT2D eigenvalue weighted by Gasteiger charge is 2.42. The first-order valence-electron chi connectivity index (χ1n) is 10.7. The number of nitrogens with one attached hydrogen (secondary N) is 2. The zero-order chi connectivity index (χ0) is 21.7. The Balaban J connectivity index is 1.76. The normalized spacial score (nSPS) is 21.9. The average Bonchev–Trinajstić information content (AvgIpc) is 3.13. The van der Waals surface area contributed by atoms with Crippen LogP contribution in [0.4, 0.5) is 0 Å². The largest absolute Gasteiger partial charge is 0.459 e. The van der Waals surface area contributed by atoms with Crippen molar-refractivity contribution in [2.24, 2.45) is 17.3 Å². The summed E-state index contributed by atoms with van der Waals surface area (Å²) in [6.45, 7) is 9.26. The number of nitrogens with zero attached hydrogens (tertiary/aromatic N) is 1. The van der Waals surface area contributed by atoms with E-state index < -0.39 is 6.29 Å². The minimum atomic E-state index is -0.511. The Morgan fingerprint density at radius 1 is 1.33 bits per heavy atom. The number of para-hydroxylation sites is 2. The second-order valence-corrected chi connectivity index (χ2v) is 8.78. The molecule has 2 aromatic rings. The number of rotatable bonds is 8. The van der Waals surface area contributed by atoms with Gasteiger partial charge in [0.15, 0.2) is 5.76 Å². The highest BCUT2D eigenvalue weighted by Crippen LogP contribution is 2.42. The number of benzene rings is 1.